The van der Waals surface area contributed by atoms with Gasteiger partial charge in [0.2, 0.25) is 0 Å². The highest BCUT2D eigenvalue weighted by Crippen LogP contribution is 2.11. The first kappa shape index (κ1) is 16.5. The van der Waals surface area contributed by atoms with Gasteiger partial charge in [0.25, 0.3) is 0 Å². The van der Waals surface area contributed by atoms with Crippen molar-refractivity contribution in [3.8, 4) is 6.07 Å². The topological polar surface area (TPSA) is 93.4 Å². The Morgan fingerprint density at radius 1 is 1.43 bits per heavy atom. The molecule has 0 unspecified atom stereocenters. The molecule has 0 saturated heterocycles. The van der Waals surface area contributed by atoms with Crippen molar-refractivity contribution in [2.45, 2.75) is 32.4 Å². The Kier molecular flexibility index (Phi) is 5.30. The number of carbonyl (C=O) groups is 2. The van der Waals surface area contributed by atoms with Crippen molar-refractivity contribution >= 4 is 12.0 Å². The first-order valence-electron chi connectivity index (χ1n) is 6.47. The molecule has 0 aliphatic rings. The third-order valence-corrected chi connectivity index (χ3v) is 2.86. The van der Waals surface area contributed by atoms with Crippen molar-refractivity contribution in [2.24, 2.45) is 0 Å². The number of carboxylic acids is 1. The second kappa shape index (κ2) is 6.75. The normalized spacial score (nSPS) is 10.6. The van der Waals surface area contributed by atoms with Gasteiger partial charge in [-0.2, -0.15) is 5.26 Å². The zero-order valence-corrected chi connectivity index (χ0v) is 12.4. The predicted octanol–water partition coefficient (Wildman–Crippen LogP) is 1.95. The van der Waals surface area contributed by atoms with Gasteiger partial charge in [-0.1, -0.05) is 12.1 Å². The van der Waals surface area contributed by atoms with Gasteiger partial charge in [-0.15, -0.1) is 0 Å². The SMILES string of the molecule is CN(Cc1cccc(C#N)c1)C(=O)NC(C)(C)CC(=O)O. The summed E-state index contributed by atoms with van der Waals surface area (Å²) >= 11 is 0. The predicted molar refractivity (Wildman–Crippen MR) is 77.5 cm³/mol. The summed E-state index contributed by atoms with van der Waals surface area (Å²) in [5.74, 6) is -0.968. The maximum absolute atomic E-state index is 12.1. The van der Waals surface area contributed by atoms with E-state index in [-0.39, 0.29) is 12.5 Å². The largest absolute Gasteiger partial charge is 0.481 e. The van der Waals surface area contributed by atoms with E-state index in [1.165, 1.54) is 4.90 Å². The van der Waals surface area contributed by atoms with Crippen LogP contribution in [-0.4, -0.2) is 34.6 Å². The third-order valence-electron chi connectivity index (χ3n) is 2.86. The number of aliphatic carboxylic acids is 1. The van der Waals surface area contributed by atoms with Gasteiger partial charge in [0.05, 0.1) is 18.1 Å². The molecule has 1 aromatic carbocycles. The quantitative estimate of drug-likeness (QED) is 0.866. The second-order valence-corrected chi connectivity index (χ2v) is 5.55. The molecule has 0 aromatic heterocycles. The number of benzene rings is 1. The molecule has 0 saturated carbocycles. The minimum Gasteiger partial charge on any atom is -0.481 e. The van der Waals surface area contributed by atoms with E-state index in [0.717, 1.165) is 5.56 Å². The van der Waals surface area contributed by atoms with Gasteiger partial charge in [0.15, 0.2) is 0 Å². The Labute approximate surface area is 124 Å². The lowest BCUT2D eigenvalue weighted by Gasteiger charge is -2.28. The van der Waals surface area contributed by atoms with Crippen molar-refractivity contribution in [1.82, 2.24) is 10.2 Å². The van der Waals surface area contributed by atoms with Crippen molar-refractivity contribution in [3.63, 3.8) is 0 Å². The summed E-state index contributed by atoms with van der Waals surface area (Å²) in [5, 5.41) is 20.3. The Hall–Kier alpha value is -2.55. The van der Waals surface area contributed by atoms with Crippen molar-refractivity contribution in [2.75, 3.05) is 7.05 Å². The highest BCUT2D eigenvalue weighted by atomic mass is 16.4. The highest BCUT2D eigenvalue weighted by Gasteiger charge is 2.25. The van der Waals surface area contributed by atoms with Crippen LogP contribution < -0.4 is 5.32 Å². The van der Waals surface area contributed by atoms with Crippen LogP contribution in [0.25, 0.3) is 0 Å². The fourth-order valence-corrected chi connectivity index (χ4v) is 1.89. The van der Waals surface area contributed by atoms with Crippen molar-refractivity contribution in [1.29, 1.82) is 5.26 Å². The van der Waals surface area contributed by atoms with E-state index in [2.05, 4.69) is 5.32 Å². The van der Waals surface area contributed by atoms with Gasteiger partial charge in [0.1, 0.15) is 0 Å². The Bertz CT molecular complexity index is 576. The zero-order valence-electron chi connectivity index (χ0n) is 12.4. The maximum Gasteiger partial charge on any atom is 0.317 e. The number of hydrogen-bond donors (Lipinski definition) is 2. The number of rotatable bonds is 5. The van der Waals surface area contributed by atoms with Crippen LogP contribution in [0.5, 0.6) is 0 Å². The lowest BCUT2D eigenvalue weighted by Crippen LogP contribution is -2.49. The molecule has 0 bridgehead atoms. The van der Waals surface area contributed by atoms with Crippen LogP contribution in [0, 0.1) is 11.3 Å². The number of nitriles is 1. The Morgan fingerprint density at radius 2 is 2.10 bits per heavy atom. The first-order valence-corrected chi connectivity index (χ1v) is 6.47. The number of urea groups is 1. The van der Waals surface area contributed by atoms with Crippen LogP contribution in [-0.2, 0) is 11.3 Å². The van der Waals surface area contributed by atoms with Gasteiger partial charge in [0, 0.05) is 19.1 Å². The fourth-order valence-electron chi connectivity index (χ4n) is 1.89. The molecule has 0 radical (unpaired) electrons. The summed E-state index contributed by atoms with van der Waals surface area (Å²) in [6.07, 6.45) is -0.156. The number of hydrogen-bond acceptors (Lipinski definition) is 3. The maximum atomic E-state index is 12.1. The monoisotopic (exact) mass is 289 g/mol. The summed E-state index contributed by atoms with van der Waals surface area (Å²) in [7, 11) is 1.62. The lowest BCUT2D eigenvalue weighted by atomic mass is 10.0. The van der Waals surface area contributed by atoms with Crippen LogP contribution in [0.4, 0.5) is 4.79 Å². The summed E-state index contributed by atoms with van der Waals surface area (Å²) in [4.78, 5) is 24.2. The second-order valence-electron chi connectivity index (χ2n) is 5.55. The average Bonchev–Trinajstić information content (AvgIpc) is 2.36. The van der Waals surface area contributed by atoms with Gasteiger partial charge in [-0.25, -0.2) is 4.79 Å². The Balaban J connectivity index is 2.66. The molecule has 6 nitrogen and oxygen atoms in total. The van der Waals surface area contributed by atoms with E-state index in [4.69, 9.17) is 10.4 Å². The van der Waals surface area contributed by atoms with E-state index in [0.29, 0.717) is 12.1 Å². The summed E-state index contributed by atoms with van der Waals surface area (Å²) in [5.41, 5.74) is 0.543. The van der Waals surface area contributed by atoms with Gasteiger partial charge in [-0.05, 0) is 31.5 Å². The summed E-state index contributed by atoms with van der Waals surface area (Å²) in [6.45, 7) is 3.65. The minimum atomic E-state index is -0.968. The van der Waals surface area contributed by atoms with Gasteiger partial charge in [-0.3, -0.25) is 4.79 Å². The van der Waals surface area contributed by atoms with Crippen LogP contribution >= 0.6 is 0 Å². The third kappa shape index (κ3) is 5.53. The molecule has 1 rings (SSSR count). The summed E-state index contributed by atoms with van der Waals surface area (Å²) in [6, 6.07) is 8.68. The lowest BCUT2D eigenvalue weighted by molar-refractivity contribution is -0.138. The van der Waals surface area contributed by atoms with Crippen LogP contribution in [0.1, 0.15) is 31.4 Å². The Morgan fingerprint density at radius 3 is 2.67 bits per heavy atom. The highest BCUT2D eigenvalue weighted by molar-refractivity contribution is 5.76. The molecular formula is C15H19N3O3. The molecule has 0 fully saturated rings. The number of nitrogens with zero attached hydrogens (tertiary/aromatic N) is 2. The van der Waals surface area contributed by atoms with E-state index in [1.807, 2.05) is 12.1 Å². The first-order chi connectivity index (χ1) is 9.73. The number of carboxylic acid groups (broad SMARTS) is 1. The van der Waals surface area contributed by atoms with Crippen LogP contribution in [0.2, 0.25) is 0 Å². The molecule has 0 aliphatic carbocycles. The molecule has 2 amide bonds. The molecule has 0 aliphatic heterocycles. The molecule has 112 valence electrons. The van der Waals surface area contributed by atoms with Crippen LogP contribution in [0.15, 0.2) is 24.3 Å². The van der Waals surface area contributed by atoms with Crippen molar-refractivity contribution < 1.29 is 14.7 Å². The van der Waals surface area contributed by atoms with Gasteiger partial charge < -0.3 is 15.3 Å². The van der Waals surface area contributed by atoms with Gasteiger partial charge >= 0.3 is 12.0 Å². The number of amides is 2. The van der Waals surface area contributed by atoms with E-state index in [9.17, 15) is 9.59 Å². The molecule has 0 atom stereocenters. The molecule has 0 spiro atoms. The molecule has 21 heavy (non-hydrogen) atoms. The minimum absolute atomic E-state index is 0.156. The van der Waals surface area contributed by atoms with E-state index < -0.39 is 11.5 Å². The standard InChI is InChI=1S/C15H19N3O3/c1-15(2,8-13(19)20)17-14(21)18(3)10-12-6-4-5-11(7-12)9-16/h4-7H,8,10H2,1-3H3,(H,17,21)(H,19,20). The smallest absolute Gasteiger partial charge is 0.317 e. The van der Waals surface area contributed by atoms with Crippen LogP contribution in [0.3, 0.4) is 0 Å². The average molecular weight is 289 g/mol. The fraction of sp³-hybridized carbons (Fsp3) is 0.400. The number of carbonyl (C=O) groups excluding carboxylic acids is 1. The zero-order chi connectivity index (χ0) is 16.0. The summed E-state index contributed by atoms with van der Waals surface area (Å²) < 4.78 is 0. The number of nitrogens with one attached hydrogen (secondary N) is 1. The van der Waals surface area contributed by atoms with E-state index >= 15 is 0 Å². The molecule has 6 heteroatoms. The molecule has 2 N–H and O–H groups in total. The molecule has 1 aromatic rings. The molecular weight excluding hydrogens is 270 g/mol. The van der Waals surface area contributed by atoms with E-state index in [1.54, 1.807) is 39.1 Å². The van der Waals surface area contributed by atoms with Crippen molar-refractivity contribution in [3.05, 3.63) is 35.4 Å². The molecule has 0 heterocycles.